The van der Waals surface area contributed by atoms with E-state index in [9.17, 15) is 22.4 Å². The molecule has 0 bridgehead atoms. The SMILES string of the molecule is O=C1Nc2cccc(F)c2C1C=Nc1ccc(N2CCC3CCCC=C3C2)c(C(F)(F)F)c1. The van der Waals surface area contributed by atoms with Crippen LogP contribution < -0.4 is 10.2 Å². The van der Waals surface area contributed by atoms with Gasteiger partial charge in [0.2, 0.25) is 5.91 Å². The van der Waals surface area contributed by atoms with Crippen LogP contribution in [0.2, 0.25) is 0 Å². The van der Waals surface area contributed by atoms with Crippen LogP contribution in [0.4, 0.5) is 34.6 Å². The van der Waals surface area contributed by atoms with Crippen LogP contribution in [0.15, 0.2) is 53.0 Å². The van der Waals surface area contributed by atoms with Crippen LogP contribution in [0.1, 0.15) is 42.7 Å². The summed E-state index contributed by atoms with van der Waals surface area (Å²) in [4.78, 5) is 18.2. The fourth-order valence-corrected chi connectivity index (χ4v) is 5.06. The standard InChI is InChI=1S/C25H23F4N3O/c26-20-6-3-7-21-23(20)18(24(33)31-21)13-30-17-8-9-22(19(12-17)25(27,28)29)32-11-10-15-4-1-2-5-16(15)14-32/h3,5-9,12-13,15,18H,1-2,4,10-11,14H2,(H,31,33). The number of halogens is 4. The molecule has 2 heterocycles. The zero-order valence-corrected chi connectivity index (χ0v) is 17.8. The molecule has 4 nitrogen and oxygen atoms in total. The van der Waals surface area contributed by atoms with Crippen molar-refractivity contribution in [1.82, 2.24) is 0 Å². The number of benzene rings is 2. The number of carbonyl (C=O) groups is 1. The number of piperidine rings is 1. The van der Waals surface area contributed by atoms with Gasteiger partial charge in [-0.1, -0.05) is 17.7 Å². The highest BCUT2D eigenvalue weighted by Crippen LogP contribution is 2.42. The van der Waals surface area contributed by atoms with E-state index in [4.69, 9.17) is 0 Å². The van der Waals surface area contributed by atoms with Crippen molar-refractivity contribution in [3.05, 3.63) is 65.0 Å². The minimum atomic E-state index is -4.55. The molecular formula is C25H23F4N3O. The largest absolute Gasteiger partial charge is 0.418 e. The Hall–Kier alpha value is -3.16. The maximum atomic E-state index is 14.2. The number of alkyl halides is 3. The van der Waals surface area contributed by atoms with E-state index in [0.29, 0.717) is 24.7 Å². The smallest absolute Gasteiger partial charge is 0.367 e. The monoisotopic (exact) mass is 457 g/mol. The average molecular weight is 457 g/mol. The number of carbonyl (C=O) groups excluding carboxylic acids is 1. The van der Waals surface area contributed by atoms with Crippen molar-refractivity contribution >= 4 is 29.2 Å². The van der Waals surface area contributed by atoms with Gasteiger partial charge in [0.1, 0.15) is 11.7 Å². The van der Waals surface area contributed by atoms with Gasteiger partial charge in [0, 0.05) is 36.2 Å². The Bertz CT molecular complexity index is 1150. The molecule has 0 radical (unpaired) electrons. The predicted molar refractivity (Wildman–Crippen MR) is 120 cm³/mol. The lowest BCUT2D eigenvalue weighted by Gasteiger charge is -2.38. The van der Waals surface area contributed by atoms with Crippen molar-refractivity contribution < 1.29 is 22.4 Å². The number of nitrogens with one attached hydrogen (secondary N) is 1. The fourth-order valence-electron chi connectivity index (χ4n) is 5.06. The highest BCUT2D eigenvalue weighted by atomic mass is 19.4. The van der Waals surface area contributed by atoms with E-state index >= 15 is 0 Å². The molecule has 2 aliphatic heterocycles. The van der Waals surface area contributed by atoms with Gasteiger partial charge < -0.3 is 10.2 Å². The number of aliphatic imine (C=N–C) groups is 1. The third-order valence-electron chi connectivity index (χ3n) is 6.71. The van der Waals surface area contributed by atoms with Crippen LogP contribution >= 0.6 is 0 Å². The summed E-state index contributed by atoms with van der Waals surface area (Å²) < 4.78 is 56.1. The second kappa shape index (κ2) is 8.32. The summed E-state index contributed by atoms with van der Waals surface area (Å²) in [7, 11) is 0. The first-order valence-corrected chi connectivity index (χ1v) is 11.1. The van der Waals surface area contributed by atoms with Gasteiger partial charge in [-0.25, -0.2) is 4.39 Å². The lowest BCUT2D eigenvalue weighted by atomic mass is 9.82. The number of anilines is 2. The highest BCUT2D eigenvalue weighted by molar-refractivity contribution is 6.12. The van der Waals surface area contributed by atoms with E-state index in [1.54, 1.807) is 11.0 Å². The molecule has 0 aromatic heterocycles. The van der Waals surface area contributed by atoms with Crippen molar-refractivity contribution in [2.24, 2.45) is 10.9 Å². The van der Waals surface area contributed by atoms with Crippen LogP contribution in [0.3, 0.4) is 0 Å². The average Bonchev–Trinajstić information content (AvgIpc) is 3.13. The van der Waals surface area contributed by atoms with Crippen molar-refractivity contribution in [2.45, 2.75) is 37.8 Å². The van der Waals surface area contributed by atoms with Crippen LogP contribution in [0.25, 0.3) is 0 Å². The highest BCUT2D eigenvalue weighted by Gasteiger charge is 2.37. The maximum absolute atomic E-state index is 14.2. The predicted octanol–water partition coefficient (Wildman–Crippen LogP) is 6.22. The van der Waals surface area contributed by atoms with Crippen LogP contribution in [0.5, 0.6) is 0 Å². The molecule has 1 amide bonds. The molecule has 172 valence electrons. The van der Waals surface area contributed by atoms with E-state index in [1.807, 2.05) is 0 Å². The Balaban J connectivity index is 1.44. The summed E-state index contributed by atoms with van der Waals surface area (Å²) in [6, 6.07) is 8.25. The second-order valence-corrected chi connectivity index (χ2v) is 8.76. The van der Waals surface area contributed by atoms with E-state index < -0.39 is 29.4 Å². The third-order valence-corrected chi connectivity index (χ3v) is 6.71. The zero-order chi connectivity index (χ0) is 23.2. The molecular weight excluding hydrogens is 434 g/mol. The number of amides is 1. The number of nitrogens with zero attached hydrogens (tertiary/aromatic N) is 2. The van der Waals surface area contributed by atoms with E-state index in [2.05, 4.69) is 16.4 Å². The van der Waals surface area contributed by atoms with Crippen molar-refractivity contribution in [2.75, 3.05) is 23.3 Å². The van der Waals surface area contributed by atoms with Gasteiger partial charge in [0.05, 0.1) is 11.3 Å². The summed E-state index contributed by atoms with van der Waals surface area (Å²) in [5.74, 6) is -1.54. The summed E-state index contributed by atoms with van der Waals surface area (Å²) >= 11 is 0. The number of allylic oxidation sites excluding steroid dienone is 1. The number of hydrogen-bond donors (Lipinski definition) is 1. The number of fused-ring (bicyclic) bond motifs is 2. The topological polar surface area (TPSA) is 44.7 Å². The molecule has 1 N–H and O–H groups in total. The molecule has 2 aromatic carbocycles. The molecule has 2 unspecified atom stereocenters. The minimum absolute atomic E-state index is 0.0652. The minimum Gasteiger partial charge on any atom is -0.367 e. The first-order chi connectivity index (χ1) is 15.8. The first-order valence-electron chi connectivity index (χ1n) is 11.1. The van der Waals surface area contributed by atoms with Crippen molar-refractivity contribution in [3.8, 4) is 0 Å². The molecule has 2 aromatic rings. The summed E-state index contributed by atoms with van der Waals surface area (Å²) in [5.41, 5.74) is 1.19. The summed E-state index contributed by atoms with van der Waals surface area (Å²) in [6.07, 6.45) is 2.92. The first kappa shape index (κ1) is 21.7. The quantitative estimate of drug-likeness (QED) is 0.338. The molecule has 2 atom stereocenters. The summed E-state index contributed by atoms with van der Waals surface area (Å²) in [6.45, 7) is 1.08. The van der Waals surface area contributed by atoms with Gasteiger partial charge in [0.25, 0.3) is 0 Å². The molecule has 1 fully saturated rings. The van der Waals surface area contributed by atoms with Gasteiger partial charge in [-0.2, -0.15) is 13.2 Å². The van der Waals surface area contributed by atoms with Crippen molar-refractivity contribution in [1.29, 1.82) is 0 Å². The van der Waals surface area contributed by atoms with Gasteiger partial charge in [-0.05, 0) is 61.9 Å². The van der Waals surface area contributed by atoms with Crippen LogP contribution in [-0.4, -0.2) is 25.2 Å². The fraction of sp³-hybridized carbons (Fsp3) is 0.360. The zero-order valence-electron chi connectivity index (χ0n) is 17.8. The van der Waals surface area contributed by atoms with Crippen LogP contribution in [0, 0.1) is 11.7 Å². The number of hydrogen-bond acceptors (Lipinski definition) is 3. The molecule has 1 aliphatic carbocycles. The Morgan fingerprint density at radius 1 is 1.15 bits per heavy atom. The van der Waals surface area contributed by atoms with Gasteiger partial charge in [-0.15, -0.1) is 0 Å². The Kier molecular flexibility index (Phi) is 5.46. The van der Waals surface area contributed by atoms with Crippen LogP contribution in [-0.2, 0) is 11.0 Å². The molecule has 5 rings (SSSR count). The van der Waals surface area contributed by atoms with Gasteiger partial charge in [0.15, 0.2) is 0 Å². The van der Waals surface area contributed by atoms with E-state index in [-0.39, 0.29) is 16.9 Å². The number of rotatable bonds is 3. The second-order valence-electron chi connectivity index (χ2n) is 8.76. The molecule has 0 spiro atoms. The van der Waals surface area contributed by atoms with Crippen molar-refractivity contribution in [3.63, 3.8) is 0 Å². The molecule has 8 heteroatoms. The Morgan fingerprint density at radius 2 is 2.00 bits per heavy atom. The summed E-state index contributed by atoms with van der Waals surface area (Å²) in [5, 5.41) is 2.57. The maximum Gasteiger partial charge on any atom is 0.418 e. The molecule has 1 saturated heterocycles. The third kappa shape index (κ3) is 4.14. The van der Waals surface area contributed by atoms with Gasteiger partial charge >= 0.3 is 6.18 Å². The Morgan fingerprint density at radius 3 is 2.82 bits per heavy atom. The molecule has 0 saturated carbocycles. The van der Waals surface area contributed by atoms with E-state index in [0.717, 1.165) is 31.7 Å². The molecule has 3 aliphatic rings. The van der Waals surface area contributed by atoms with E-state index in [1.165, 1.54) is 36.1 Å². The molecule has 33 heavy (non-hydrogen) atoms. The normalized spacial score (nSPS) is 22.7. The lowest BCUT2D eigenvalue weighted by molar-refractivity contribution is -0.137. The van der Waals surface area contributed by atoms with Gasteiger partial charge in [-0.3, -0.25) is 9.79 Å². The Labute approximate surface area is 189 Å². The lowest BCUT2D eigenvalue weighted by Crippen LogP contribution is -2.37.